The summed E-state index contributed by atoms with van der Waals surface area (Å²) in [5.41, 5.74) is 2.38. The molecule has 0 fully saturated rings. The monoisotopic (exact) mass is 331 g/mol. The number of rotatable bonds is 3. The minimum absolute atomic E-state index is 0.352. The zero-order chi connectivity index (χ0) is 17.8. The first-order chi connectivity index (χ1) is 12.2. The maximum absolute atomic E-state index is 12.4. The lowest BCUT2D eigenvalue weighted by Crippen LogP contribution is -2.22. The Morgan fingerprint density at radius 2 is 1.68 bits per heavy atom. The SMILES string of the molecule is COC(=O)C1=C(C)OC(c2ccccc2)=C(C#N)[C@@H]1c1ccccc1. The summed E-state index contributed by atoms with van der Waals surface area (Å²) >= 11 is 0. The highest BCUT2D eigenvalue weighted by Crippen LogP contribution is 2.43. The predicted octanol–water partition coefficient (Wildman–Crippen LogP) is 4.18. The van der Waals surface area contributed by atoms with Gasteiger partial charge in [0.1, 0.15) is 11.5 Å². The van der Waals surface area contributed by atoms with Crippen molar-refractivity contribution in [1.82, 2.24) is 0 Å². The molecular weight excluding hydrogens is 314 g/mol. The third-order valence-electron chi connectivity index (χ3n) is 4.15. The van der Waals surface area contributed by atoms with Crippen LogP contribution in [0.4, 0.5) is 0 Å². The van der Waals surface area contributed by atoms with Crippen molar-refractivity contribution >= 4 is 11.7 Å². The number of ether oxygens (including phenoxy) is 2. The molecule has 0 bridgehead atoms. The van der Waals surface area contributed by atoms with Crippen LogP contribution in [0.3, 0.4) is 0 Å². The van der Waals surface area contributed by atoms with Crippen LogP contribution in [0.15, 0.2) is 77.6 Å². The first-order valence-electron chi connectivity index (χ1n) is 7.89. The quantitative estimate of drug-likeness (QED) is 0.792. The summed E-state index contributed by atoms with van der Waals surface area (Å²) in [4.78, 5) is 12.4. The summed E-state index contributed by atoms with van der Waals surface area (Å²) in [6.07, 6.45) is 0. The van der Waals surface area contributed by atoms with Crippen LogP contribution in [0.5, 0.6) is 0 Å². The van der Waals surface area contributed by atoms with Crippen LogP contribution in [0.1, 0.15) is 24.0 Å². The Bertz CT molecular complexity index is 890. The molecule has 0 saturated heterocycles. The molecule has 0 amide bonds. The zero-order valence-corrected chi connectivity index (χ0v) is 14.0. The van der Waals surface area contributed by atoms with Crippen molar-refractivity contribution in [2.75, 3.05) is 7.11 Å². The highest BCUT2D eigenvalue weighted by atomic mass is 16.5. The van der Waals surface area contributed by atoms with E-state index in [9.17, 15) is 10.1 Å². The molecule has 1 aliphatic heterocycles. The van der Waals surface area contributed by atoms with Gasteiger partial charge in [-0.05, 0) is 12.5 Å². The molecule has 1 heterocycles. The van der Waals surface area contributed by atoms with E-state index in [-0.39, 0.29) is 0 Å². The second-order valence-electron chi connectivity index (χ2n) is 5.63. The number of hydrogen-bond donors (Lipinski definition) is 0. The average molecular weight is 331 g/mol. The first kappa shape index (κ1) is 16.5. The van der Waals surface area contributed by atoms with Gasteiger partial charge in [0.15, 0.2) is 0 Å². The number of nitrogens with zero attached hydrogens (tertiary/aromatic N) is 1. The molecular formula is C21H17NO3. The molecule has 2 aromatic carbocycles. The molecule has 0 aliphatic carbocycles. The third-order valence-corrected chi connectivity index (χ3v) is 4.15. The molecule has 0 N–H and O–H groups in total. The number of hydrogen-bond acceptors (Lipinski definition) is 4. The third kappa shape index (κ3) is 3.05. The van der Waals surface area contributed by atoms with Crippen molar-refractivity contribution in [3.05, 3.63) is 88.7 Å². The molecule has 25 heavy (non-hydrogen) atoms. The van der Waals surface area contributed by atoms with Gasteiger partial charge < -0.3 is 9.47 Å². The fraction of sp³-hybridized carbons (Fsp3) is 0.143. The molecule has 0 aromatic heterocycles. The summed E-state index contributed by atoms with van der Waals surface area (Å²) in [5.74, 6) is -0.102. The van der Waals surface area contributed by atoms with E-state index in [1.807, 2.05) is 60.7 Å². The molecule has 2 aromatic rings. The van der Waals surface area contributed by atoms with Gasteiger partial charge in [-0.1, -0.05) is 60.7 Å². The number of esters is 1. The highest BCUT2D eigenvalue weighted by molar-refractivity contribution is 5.94. The van der Waals surface area contributed by atoms with E-state index < -0.39 is 11.9 Å². The Hall–Kier alpha value is -3.32. The van der Waals surface area contributed by atoms with Gasteiger partial charge in [-0.15, -0.1) is 0 Å². The predicted molar refractivity (Wildman–Crippen MR) is 94.0 cm³/mol. The Balaban J connectivity index is 2.24. The molecule has 0 unspecified atom stereocenters. The van der Waals surface area contributed by atoms with Crippen LogP contribution in [-0.4, -0.2) is 13.1 Å². The van der Waals surface area contributed by atoms with Crippen LogP contribution in [0, 0.1) is 11.3 Å². The summed E-state index contributed by atoms with van der Waals surface area (Å²) in [7, 11) is 1.33. The Kier molecular flexibility index (Phi) is 4.67. The largest absolute Gasteiger partial charge is 0.466 e. The lowest BCUT2D eigenvalue weighted by molar-refractivity contribution is -0.136. The summed E-state index contributed by atoms with van der Waals surface area (Å²) in [5, 5.41) is 9.85. The highest BCUT2D eigenvalue weighted by Gasteiger charge is 2.36. The Morgan fingerprint density at radius 3 is 2.24 bits per heavy atom. The fourth-order valence-electron chi connectivity index (χ4n) is 3.01. The van der Waals surface area contributed by atoms with Crippen molar-refractivity contribution in [2.24, 2.45) is 0 Å². The molecule has 1 aliphatic rings. The second kappa shape index (κ2) is 7.06. The van der Waals surface area contributed by atoms with Gasteiger partial charge >= 0.3 is 5.97 Å². The summed E-state index contributed by atoms with van der Waals surface area (Å²) in [6, 6.07) is 21.1. The maximum atomic E-state index is 12.4. The number of carbonyl (C=O) groups is 1. The smallest absolute Gasteiger partial charge is 0.338 e. The molecule has 0 spiro atoms. The van der Waals surface area contributed by atoms with E-state index in [4.69, 9.17) is 9.47 Å². The van der Waals surface area contributed by atoms with Crippen LogP contribution in [0.2, 0.25) is 0 Å². The van der Waals surface area contributed by atoms with Gasteiger partial charge in [0.2, 0.25) is 0 Å². The van der Waals surface area contributed by atoms with Gasteiger partial charge in [-0.3, -0.25) is 0 Å². The molecule has 0 radical (unpaired) electrons. The molecule has 4 nitrogen and oxygen atoms in total. The molecule has 3 rings (SSSR count). The van der Waals surface area contributed by atoms with Crippen LogP contribution < -0.4 is 0 Å². The lowest BCUT2D eigenvalue weighted by atomic mass is 9.81. The molecule has 4 heteroatoms. The van der Waals surface area contributed by atoms with Crippen molar-refractivity contribution in [3.63, 3.8) is 0 Å². The van der Waals surface area contributed by atoms with Crippen LogP contribution in [-0.2, 0) is 14.3 Å². The van der Waals surface area contributed by atoms with Gasteiger partial charge in [-0.2, -0.15) is 5.26 Å². The van der Waals surface area contributed by atoms with Crippen molar-refractivity contribution in [3.8, 4) is 6.07 Å². The van der Waals surface area contributed by atoms with E-state index in [2.05, 4.69) is 6.07 Å². The minimum atomic E-state index is -0.525. The van der Waals surface area contributed by atoms with Crippen molar-refractivity contribution < 1.29 is 14.3 Å². The molecule has 124 valence electrons. The van der Waals surface area contributed by atoms with Crippen molar-refractivity contribution in [2.45, 2.75) is 12.8 Å². The number of benzene rings is 2. The summed E-state index contributed by atoms with van der Waals surface area (Å²) < 4.78 is 10.8. The Labute approximate surface area is 146 Å². The van der Waals surface area contributed by atoms with Crippen LogP contribution in [0.25, 0.3) is 5.76 Å². The number of allylic oxidation sites excluding steroid dienone is 2. The van der Waals surface area contributed by atoms with E-state index in [1.54, 1.807) is 6.92 Å². The van der Waals surface area contributed by atoms with Gasteiger partial charge in [0, 0.05) is 5.56 Å². The number of carbonyl (C=O) groups excluding carboxylic acids is 1. The van der Waals surface area contributed by atoms with Gasteiger partial charge in [-0.25, -0.2) is 4.79 Å². The summed E-state index contributed by atoms with van der Waals surface area (Å²) in [6.45, 7) is 1.72. The standard InChI is InChI=1S/C21H17NO3/c1-14-18(21(23)24-2)19(15-9-5-3-6-10-15)17(13-22)20(25-14)16-11-7-4-8-12-16/h3-12,19H,1-2H3/t19-/m0/s1. The topological polar surface area (TPSA) is 59.3 Å². The lowest BCUT2D eigenvalue weighted by Gasteiger charge is -2.28. The second-order valence-corrected chi connectivity index (χ2v) is 5.63. The van der Waals surface area contributed by atoms with Crippen molar-refractivity contribution in [1.29, 1.82) is 5.26 Å². The number of nitriles is 1. The van der Waals surface area contributed by atoms with E-state index in [0.717, 1.165) is 11.1 Å². The van der Waals surface area contributed by atoms with E-state index >= 15 is 0 Å². The fourth-order valence-corrected chi connectivity index (χ4v) is 3.01. The maximum Gasteiger partial charge on any atom is 0.338 e. The van der Waals surface area contributed by atoms with E-state index in [1.165, 1.54) is 7.11 Å². The Morgan fingerprint density at radius 1 is 1.08 bits per heavy atom. The molecule has 0 saturated carbocycles. The van der Waals surface area contributed by atoms with E-state index in [0.29, 0.717) is 22.7 Å². The number of methoxy groups -OCH3 is 1. The normalized spacial score (nSPS) is 16.9. The van der Waals surface area contributed by atoms with Gasteiger partial charge in [0.05, 0.1) is 30.2 Å². The first-order valence-corrected chi connectivity index (χ1v) is 7.89. The zero-order valence-electron chi connectivity index (χ0n) is 14.0. The molecule has 1 atom stereocenters. The minimum Gasteiger partial charge on any atom is -0.466 e. The van der Waals surface area contributed by atoms with Gasteiger partial charge in [0.25, 0.3) is 0 Å². The average Bonchev–Trinajstić information content (AvgIpc) is 2.67. The van der Waals surface area contributed by atoms with Crippen LogP contribution >= 0.6 is 0 Å².